The number of aromatic nitrogens is 2. The number of phenols is 1. The van der Waals surface area contributed by atoms with E-state index < -0.39 is 4.92 Å². The van der Waals surface area contributed by atoms with Gasteiger partial charge in [0.25, 0.3) is 5.69 Å². The number of nitrogens with one attached hydrogen (secondary N) is 1. The van der Waals surface area contributed by atoms with Gasteiger partial charge >= 0.3 is 0 Å². The van der Waals surface area contributed by atoms with Gasteiger partial charge in [-0.05, 0) is 18.2 Å². The first-order chi connectivity index (χ1) is 12.6. The Morgan fingerprint density at radius 3 is 2.92 bits per heavy atom. The molecule has 4 aromatic rings. The van der Waals surface area contributed by atoms with Crippen molar-refractivity contribution in [3.8, 4) is 5.75 Å². The van der Waals surface area contributed by atoms with Gasteiger partial charge in [0.15, 0.2) is 11.4 Å². The Balaban J connectivity index is 1.67. The molecule has 2 heterocycles. The molecule has 9 nitrogen and oxygen atoms in total. The van der Waals surface area contributed by atoms with Crippen molar-refractivity contribution in [3.63, 3.8) is 0 Å². The zero-order chi connectivity index (χ0) is 18.1. The lowest BCUT2D eigenvalue weighted by atomic mass is 10.2. The van der Waals surface area contributed by atoms with E-state index in [9.17, 15) is 15.2 Å². The number of rotatable bonds is 4. The Kier molecular flexibility index (Phi) is 3.66. The molecule has 2 N–H and O–H groups in total. The zero-order valence-corrected chi connectivity index (χ0v) is 13.2. The number of nitrogens with zero attached hydrogens (tertiary/aromatic N) is 4. The van der Waals surface area contributed by atoms with E-state index >= 15 is 0 Å². The average Bonchev–Trinajstić information content (AvgIpc) is 3.03. The van der Waals surface area contributed by atoms with E-state index in [1.807, 2.05) is 24.3 Å². The number of aromatic hydroxyl groups is 1. The maximum Gasteiger partial charge on any atom is 0.270 e. The first kappa shape index (κ1) is 15.5. The third-order valence-corrected chi connectivity index (χ3v) is 3.75. The molecule has 0 aliphatic heterocycles. The largest absolute Gasteiger partial charge is 0.507 e. The van der Waals surface area contributed by atoms with Crippen LogP contribution >= 0.6 is 0 Å². The third-order valence-electron chi connectivity index (χ3n) is 3.75. The third kappa shape index (κ3) is 2.67. The molecule has 0 fully saturated rings. The highest BCUT2D eigenvalue weighted by atomic mass is 16.6. The van der Waals surface area contributed by atoms with Gasteiger partial charge in [-0.2, -0.15) is 5.10 Å². The van der Waals surface area contributed by atoms with Crippen molar-refractivity contribution in [2.75, 3.05) is 5.43 Å². The van der Waals surface area contributed by atoms with Crippen molar-refractivity contribution < 1.29 is 14.4 Å². The molecule has 9 heteroatoms. The molecule has 26 heavy (non-hydrogen) atoms. The van der Waals surface area contributed by atoms with Gasteiger partial charge in [0.2, 0.25) is 0 Å². The normalized spacial score (nSPS) is 11.4. The summed E-state index contributed by atoms with van der Waals surface area (Å²) in [5.74, 6) is 0.213. The van der Waals surface area contributed by atoms with Gasteiger partial charge in [-0.25, -0.2) is 9.97 Å². The maximum absolute atomic E-state index is 10.8. The van der Waals surface area contributed by atoms with Crippen molar-refractivity contribution in [2.24, 2.45) is 5.10 Å². The highest BCUT2D eigenvalue weighted by Gasteiger charge is 2.12. The number of anilines is 1. The summed E-state index contributed by atoms with van der Waals surface area (Å²) >= 11 is 0. The second-order valence-corrected chi connectivity index (χ2v) is 5.37. The monoisotopic (exact) mass is 349 g/mol. The maximum atomic E-state index is 10.8. The van der Waals surface area contributed by atoms with Crippen molar-refractivity contribution in [1.82, 2.24) is 9.97 Å². The van der Waals surface area contributed by atoms with Gasteiger partial charge in [-0.15, -0.1) is 0 Å². The summed E-state index contributed by atoms with van der Waals surface area (Å²) in [6.07, 6.45) is 2.64. The number of benzene rings is 2. The highest BCUT2D eigenvalue weighted by molar-refractivity contribution is 6.05. The Labute approximate surface area is 145 Å². The van der Waals surface area contributed by atoms with Crippen molar-refractivity contribution in [3.05, 3.63) is 64.5 Å². The molecule has 0 atom stereocenters. The molecular formula is C17H11N5O4. The predicted octanol–water partition coefficient (Wildman–Crippen LogP) is 3.44. The standard InChI is InChI=1S/C17H11N5O4/c23-13-6-5-11(22(24)25)7-10(13)8-20-21-17-16-15(18-9-19-17)12-3-1-2-4-14(12)26-16/h1-9,23H,(H,18,19,21)/b20-8-. The number of para-hydroxylation sites is 1. The van der Waals surface area contributed by atoms with Crippen molar-refractivity contribution in [1.29, 1.82) is 0 Å². The molecule has 2 aromatic heterocycles. The van der Waals surface area contributed by atoms with Crippen LogP contribution in [-0.4, -0.2) is 26.2 Å². The first-order valence-electron chi connectivity index (χ1n) is 7.52. The molecule has 0 saturated carbocycles. The summed E-state index contributed by atoms with van der Waals surface area (Å²) in [7, 11) is 0. The number of nitro groups is 1. The van der Waals surface area contributed by atoms with E-state index in [-0.39, 0.29) is 17.0 Å². The number of nitro benzene ring substituents is 1. The fourth-order valence-electron chi connectivity index (χ4n) is 2.52. The molecule has 128 valence electrons. The van der Waals surface area contributed by atoms with Gasteiger partial charge in [0.1, 0.15) is 23.2 Å². The Hall–Kier alpha value is -4.01. The van der Waals surface area contributed by atoms with E-state index in [0.29, 0.717) is 22.5 Å². The van der Waals surface area contributed by atoms with Crippen LogP contribution in [0.3, 0.4) is 0 Å². The molecule has 0 aliphatic rings. The summed E-state index contributed by atoms with van der Waals surface area (Å²) in [5.41, 5.74) is 4.52. The number of non-ortho nitro benzene ring substituents is 1. The van der Waals surface area contributed by atoms with Crippen LogP contribution in [0.4, 0.5) is 11.5 Å². The average molecular weight is 349 g/mol. The first-order valence-corrected chi connectivity index (χ1v) is 7.52. The Bertz CT molecular complexity index is 1170. The summed E-state index contributed by atoms with van der Waals surface area (Å²) in [6, 6.07) is 11.1. The van der Waals surface area contributed by atoms with E-state index in [1.54, 1.807) is 0 Å². The predicted molar refractivity (Wildman–Crippen MR) is 95.3 cm³/mol. The highest BCUT2D eigenvalue weighted by Crippen LogP contribution is 2.30. The molecular weight excluding hydrogens is 338 g/mol. The fraction of sp³-hybridized carbons (Fsp3) is 0. The van der Waals surface area contributed by atoms with Gasteiger partial charge < -0.3 is 9.52 Å². The second-order valence-electron chi connectivity index (χ2n) is 5.37. The summed E-state index contributed by atoms with van der Waals surface area (Å²) in [4.78, 5) is 18.6. The zero-order valence-electron chi connectivity index (χ0n) is 13.2. The van der Waals surface area contributed by atoms with E-state index in [2.05, 4.69) is 20.5 Å². The quantitative estimate of drug-likeness (QED) is 0.328. The van der Waals surface area contributed by atoms with Gasteiger partial charge in [0, 0.05) is 23.1 Å². The summed E-state index contributed by atoms with van der Waals surface area (Å²) < 4.78 is 5.76. The Morgan fingerprint density at radius 1 is 1.23 bits per heavy atom. The van der Waals surface area contributed by atoms with Crippen LogP contribution < -0.4 is 5.43 Å². The number of phenolic OH excluding ortho intramolecular Hbond substituents is 1. The minimum atomic E-state index is -0.549. The summed E-state index contributed by atoms with van der Waals surface area (Å²) in [6.45, 7) is 0. The molecule has 0 radical (unpaired) electrons. The molecule has 0 bridgehead atoms. The lowest BCUT2D eigenvalue weighted by Gasteiger charge is -2.00. The van der Waals surface area contributed by atoms with Gasteiger partial charge in [-0.1, -0.05) is 12.1 Å². The van der Waals surface area contributed by atoms with Crippen LogP contribution in [0.25, 0.3) is 22.1 Å². The molecule has 0 saturated heterocycles. The van der Waals surface area contributed by atoms with Crippen LogP contribution in [0.2, 0.25) is 0 Å². The van der Waals surface area contributed by atoms with Crippen LogP contribution in [0.15, 0.2) is 58.3 Å². The topological polar surface area (TPSA) is 127 Å². The van der Waals surface area contributed by atoms with Crippen LogP contribution in [0.1, 0.15) is 5.56 Å². The molecule has 4 rings (SSSR count). The van der Waals surface area contributed by atoms with Gasteiger partial charge in [0.05, 0.1) is 11.1 Å². The minimum absolute atomic E-state index is 0.127. The fourth-order valence-corrected chi connectivity index (χ4v) is 2.52. The van der Waals surface area contributed by atoms with Crippen molar-refractivity contribution >= 4 is 39.8 Å². The van der Waals surface area contributed by atoms with E-state index in [1.165, 1.54) is 30.7 Å². The second kappa shape index (κ2) is 6.13. The molecule has 0 unspecified atom stereocenters. The number of hydrazone groups is 1. The number of furan rings is 1. The number of hydrogen-bond acceptors (Lipinski definition) is 8. The van der Waals surface area contributed by atoms with E-state index in [0.717, 1.165) is 5.39 Å². The Morgan fingerprint density at radius 2 is 2.08 bits per heavy atom. The lowest BCUT2D eigenvalue weighted by Crippen LogP contribution is -1.96. The van der Waals surface area contributed by atoms with Crippen LogP contribution in [-0.2, 0) is 0 Å². The number of hydrogen-bond donors (Lipinski definition) is 2. The smallest absolute Gasteiger partial charge is 0.270 e. The molecule has 0 amide bonds. The molecule has 0 aliphatic carbocycles. The van der Waals surface area contributed by atoms with Crippen molar-refractivity contribution in [2.45, 2.75) is 0 Å². The SMILES string of the molecule is O=[N+]([O-])c1ccc(O)c(/C=N\Nc2ncnc3c2oc2ccccc23)c1. The summed E-state index contributed by atoms with van der Waals surface area (Å²) in [5, 5.41) is 25.5. The number of fused-ring (bicyclic) bond motifs is 3. The van der Waals surface area contributed by atoms with Gasteiger partial charge in [-0.3, -0.25) is 15.5 Å². The minimum Gasteiger partial charge on any atom is -0.507 e. The molecule has 2 aromatic carbocycles. The van der Waals surface area contributed by atoms with Crippen LogP contribution in [0.5, 0.6) is 5.75 Å². The molecule has 0 spiro atoms. The lowest BCUT2D eigenvalue weighted by molar-refractivity contribution is -0.384. The van der Waals surface area contributed by atoms with E-state index in [4.69, 9.17) is 4.42 Å². The van der Waals surface area contributed by atoms with Crippen LogP contribution in [0, 0.1) is 10.1 Å².